The van der Waals surface area contributed by atoms with Gasteiger partial charge in [-0.15, -0.1) is 0 Å². The molecule has 2 heterocycles. The van der Waals surface area contributed by atoms with Crippen molar-refractivity contribution < 1.29 is 28.5 Å². The third-order valence-corrected chi connectivity index (χ3v) is 5.61. The Kier molecular flexibility index (Phi) is 4.05. The Morgan fingerprint density at radius 1 is 0.870 bits per heavy atom. The van der Waals surface area contributed by atoms with E-state index in [-0.39, 0.29) is 24.1 Å². The predicted molar refractivity (Wildman–Crippen MR) is 78.5 cm³/mol. The van der Waals surface area contributed by atoms with E-state index in [9.17, 15) is 9.59 Å². The molecule has 4 fully saturated rings. The summed E-state index contributed by atoms with van der Waals surface area (Å²) in [6.07, 6.45) is 5.33. The van der Waals surface area contributed by atoms with Gasteiger partial charge in [0.1, 0.15) is 0 Å². The van der Waals surface area contributed by atoms with Gasteiger partial charge in [0.25, 0.3) is 0 Å². The van der Waals surface area contributed by atoms with Crippen LogP contribution >= 0.6 is 0 Å². The van der Waals surface area contributed by atoms with Gasteiger partial charge in [0, 0.05) is 0 Å². The van der Waals surface area contributed by atoms with E-state index >= 15 is 0 Å². The highest BCUT2D eigenvalue weighted by atomic mass is 16.6. The van der Waals surface area contributed by atoms with Gasteiger partial charge < -0.3 is 18.9 Å². The Morgan fingerprint density at radius 2 is 1.48 bits per heavy atom. The number of fused-ring (bicyclic) bond motifs is 2. The van der Waals surface area contributed by atoms with Crippen molar-refractivity contribution in [3.05, 3.63) is 0 Å². The average Bonchev–Trinajstić information content (AvgIpc) is 3.44. The van der Waals surface area contributed by atoms with Gasteiger partial charge in [0.15, 0.2) is 0 Å². The molecule has 0 N–H and O–H groups in total. The quantitative estimate of drug-likeness (QED) is 0.563. The molecule has 2 saturated heterocycles. The van der Waals surface area contributed by atoms with Gasteiger partial charge >= 0.3 is 11.9 Å². The molecule has 0 aromatic heterocycles. The maximum absolute atomic E-state index is 12.5. The van der Waals surface area contributed by atoms with Gasteiger partial charge in [-0.3, -0.25) is 9.59 Å². The molecule has 4 rings (SSSR count). The van der Waals surface area contributed by atoms with E-state index in [1.165, 1.54) is 0 Å². The fraction of sp³-hybridized carbons (Fsp3) is 0.882. The highest BCUT2D eigenvalue weighted by molar-refractivity contribution is 5.82. The summed E-state index contributed by atoms with van der Waals surface area (Å²) in [5.74, 6) is -1.02. The van der Waals surface area contributed by atoms with Crippen LogP contribution in [0, 0.1) is 17.8 Å². The summed E-state index contributed by atoms with van der Waals surface area (Å²) in [4.78, 5) is 24.6. The van der Waals surface area contributed by atoms with Gasteiger partial charge in [-0.25, -0.2) is 0 Å². The van der Waals surface area contributed by atoms with Crippen LogP contribution in [0.25, 0.3) is 0 Å². The van der Waals surface area contributed by atoms with Crippen molar-refractivity contribution in [2.45, 2.75) is 63.4 Å². The summed E-state index contributed by atoms with van der Waals surface area (Å²) >= 11 is 0. The van der Waals surface area contributed by atoms with Crippen molar-refractivity contribution in [3.8, 4) is 0 Å². The number of esters is 2. The van der Waals surface area contributed by atoms with E-state index in [0.29, 0.717) is 44.2 Å². The number of ether oxygens (including phenoxy) is 4. The third-order valence-electron chi connectivity index (χ3n) is 5.61. The molecule has 2 aliphatic carbocycles. The van der Waals surface area contributed by atoms with Crippen molar-refractivity contribution >= 4 is 11.9 Å². The van der Waals surface area contributed by atoms with Gasteiger partial charge in [-0.05, 0) is 44.9 Å². The van der Waals surface area contributed by atoms with Gasteiger partial charge in [-0.2, -0.15) is 0 Å². The lowest BCUT2D eigenvalue weighted by Crippen LogP contribution is -2.38. The number of carbonyl (C=O) groups excluding carboxylic acids is 2. The minimum atomic E-state index is -0.425. The first kappa shape index (κ1) is 15.4. The van der Waals surface area contributed by atoms with E-state index in [1.54, 1.807) is 6.92 Å². The number of carbonyl (C=O) groups is 2. The summed E-state index contributed by atoms with van der Waals surface area (Å²) in [6.45, 7) is 2.55. The van der Waals surface area contributed by atoms with Crippen molar-refractivity contribution in [3.63, 3.8) is 0 Å². The molecular weight excluding hydrogens is 300 g/mol. The fourth-order valence-corrected chi connectivity index (χ4v) is 4.14. The molecule has 0 spiro atoms. The van der Waals surface area contributed by atoms with Crippen LogP contribution < -0.4 is 0 Å². The highest BCUT2D eigenvalue weighted by Gasteiger charge is 2.53. The molecule has 6 nitrogen and oxygen atoms in total. The van der Waals surface area contributed by atoms with Gasteiger partial charge in [0.05, 0.1) is 49.5 Å². The minimum absolute atomic E-state index is 0.119. The van der Waals surface area contributed by atoms with Crippen LogP contribution in [0.1, 0.15) is 39.0 Å². The normalized spacial score (nSPS) is 43.8. The monoisotopic (exact) mass is 324 g/mol. The fourth-order valence-electron chi connectivity index (χ4n) is 4.14. The molecule has 0 aromatic rings. The average molecular weight is 324 g/mol. The maximum Gasteiger partial charge on any atom is 0.309 e. The molecule has 6 heteroatoms. The molecule has 7 unspecified atom stereocenters. The Bertz CT molecular complexity index is 491. The first-order valence-electron chi connectivity index (χ1n) is 8.80. The maximum atomic E-state index is 12.5. The molecule has 0 aromatic carbocycles. The van der Waals surface area contributed by atoms with Crippen LogP contribution in [-0.4, -0.2) is 49.6 Å². The van der Waals surface area contributed by atoms with E-state index in [4.69, 9.17) is 18.9 Å². The lowest BCUT2D eigenvalue weighted by atomic mass is 9.79. The van der Waals surface area contributed by atoms with Crippen molar-refractivity contribution in [1.82, 2.24) is 0 Å². The second-order valence-corrected chi connectivity index (χ2v) is 7.17. The standard InChI is InChI=1S/C17H24O6/c1-2-20-16(18)10-6-14-15(23-14)7-11(10)17(19)21-8-9-3-4-12-13(5-9)22-12/h9-15H,2-8H2,1H3. The summed E-state index contributed by atoms with van der Waals surface area (Å²) in [5.41, 5.74) is 0. The molecule has 0 amide bonds. The number of rotatable bonds is 5. The largest absolute Gasteiger partial charge is 0.466 e. The van der Waals surface area contributed by atoms with E-state index in [0.717, 1.165) is 19.3 Å². The molecule has 0 radical (unpaired) electrons. The zero-order valence-corrected chi connectivity index (χ0v) is 13.4. The van der Waals surface area contributed by atoms with Crippen LogP contribution in [-0.2, 0) is 28.5 Å². The Hall–Kier alpha value is -1.14. The lowest BCUT2D eigenvalue weighted by Gasteiger charge is -2.27. The Balaban J connectivity index is 1.32. The second kappa shape index (κ2) is 6.06. The number of hydrogen-bond acceptors (Lipinski definition) is 6. The molecule has 2 saturated carbocycles. The zero-order chi connectivity index (χ0) is 16.0. The van der Waals surface area contributed by atoms with E-state index < -0.39 is 11.8 Å². The summed E-state index contributed by atoms with van der Waals surface area (Å²) in [5, 5.41) is 0. The van der Waals surface area contributed by atoms with Crippen molar-refractivity contribution in [1.29, 1.82) is 0 Å². The summed E-state index contributed by atoms with van der Waals surface area (Å²) < 4.78 is 21.7. The SMILES string of the molecule is CCOC(=O)C1CC2OC2CC1C(=O)OCC1CCC2OC2C1. The molecule has 2 aliphatic heterocycles. The Labute approximate surface area is 135 Å². The van der Waals surface area contributed by atoms with Gasteiger partial charge in [-0.1, -0.05) is 0 Å². The summed E-state index contributed by atoms with van der Waals surface area (Å²) in [7, 11) is 0. The van der Waals surface area contributed by atoms with Crippen LogP contribution in [0.3, 0.4) is 0 Å². The number of hydrogen-bond donors (Lipinski definition) is 0. The number of epoxide rings is 2. The topological polar surface area (TPSA) is 77.7 Å². The van der Waals surface area contributed by atoms with Crippen molar-refractivity contribution in [2.24, 2.45) is 17.8 Å². The molecule has 4 aliphatic rings. The van der Waals surface area contributed by atoms with Crippen molar-refractivity contribution in [2.75, 3.05) is 13.2 Å². The minimum Gasteiger partial charge on any atom is -0.466 e. The highest BCUT2D eigenvalue weighted by Crippen LogP contribution is 2.44. The first-order chi connectivity index (χ1) is 11.2. The third kappa shape index (κ3) is 3.24. The zero-order valence-electron chi connectivity index (χ0n) is 13.4. The summed E-state index contributed by atoms with van der Waals surface area (Å²) in [6, 6.07) is 0. The molecule has 0 bridgehead atoms. The molecular formula is C17H24O6. The molecule has 23 heavy (non-hydrogen) atoms. The van der Waals surface area contributed by atoms with Crippen LogP contribution in [0.4, 0.5) is 0 Å². The lowest BCUT2D eigenvalue weighted by molar-refractivity contribution is -0.163. The first-order valence-corrected chi connectivity index (χ1v) is 8.80. The molecule has 128 valence electrons. The predicted octanol–water partition coefficient (Wildman–Crippen LogP) is 1.45. The smallest absolute Gasteiger partial charge is 0.309 e. The van der Waals surface area contributed by atoms with E-state index in [1.807, 2.05) is 0 Å². The van der Waals surface area contributed by atoms with Crippen LogP contribution in [0.15, 0.2) is 0 Å². The molecule has 7 atom stereocenters. The van der Waals surface area contributed by atoms with Crippen LogP contribution in [0.5, 0.6) is 0 Å². The van der Waals surface area contributed by atoms with Gasteiger partial charge in [0.2, 0.25) is 0 Å². The second-order valence-electron chi connectivity index (χ2n) is 7.17. The Morgan fingerprint density at radius 3 is 2.13 bits per heavy atom. The van der Waals surface area contributed by atoms with E-state index in [2.05, 4.69) is 0 Å². The van der Waals surface area contributed by atoms with Crippen LogP contribution in [0.2, 0.25) is 0 Å².